The van der Waals surface area contributed by atoms with E-state index in [0.717, 1.165) is 35.9 Å². The number of nitrogens with one attached hydrogen (secondary N) is 1. The van der Waals surface area contributed by atoms with E-state index in [-0.39, 0.29) is 0 Å². The van der Waals surface area contributed by atoms with Crippen molar-refractivity contribution in [1.29, 1.82) is 0 Å². The zero-order valence-corrected chi connectivity index (χ0v) is 9.59. The molecular weight excluding hydrogens is 210 g/mol. The molecule has 1 fully saturated rings. The van der Waals surface area contributed by atoms with Gasteiger partial charge in [0.2, 0.25) is 0 Å². The molecule has 2 heterocycles. The fraction of sp³-hybridized carbons (Fsp3) is 0.600. The van der Waals surface area contributed by atoms with Crippen molar-refractivity contribution in [2.75, 3.05) is 16.8 Å². The Morgan fingerprint density at radius 1 is 1.33 bits per heavy atom. The van der Waals surface area contributed by atoms with Crippen molar-refractivity contribution in [2.45, 2.75) is 25.8 Å². The summed E-state index contributed by atoms with van der Waals surface area (Å²) in [6, 6.07) is 0.401. The minimum absolute atomic E-state index is 0.401. The van der Waals surface area contributed by atoms with Crippen molar-refractivity contribution in [2.24, 2.45) is 0 Å². The second-order valence-electron chi connectivity index (χ2n) is 3.76. The molecule has 0 aliphatic carbocycles. The van der Waals surface area contributed by atoms with Crippen LogP contribution in [0.3, 0.4) is 0 Å². The lowest BCUT2D eigenvalue weighted by Gasteiger charge is -2.23. The molecule has 0 bridgehead atoms. The predicted molar refractivity (Wildman–Crippen MR) is 61.3 cm³/mol. The lowest BCUT2D eigenvalue weighted by molar-refractivity contribution is 0.622. The normalized spacial score (nSPS) is 26.2. The molecule has 1 aliphatic rings. The molecule has 2 rings (SSSR count). The summed E-state index contributed by atoms with van der Waals surface area (Å²) in [4.78, 5) is 8.42. The van der Waals surface area contributed by atoms with Crippen LogP contribution in [-0.4, -0.2) is 31.7 Å². The Hall–Kier alpha value is -0.970. The van der Waals surface area contributed by atoms with E-state index in [1.807, 2.05) is 6.92 Å². The van der Waals surface area contributed by atoms with Gasteiger partial charge in [0.1, 0.15) is 5.82 Å². The third-order valence-corrected chi connectivity index (χ3v) is 3.99. The molecule has 1 aromatic rings. The first kappa shape index (κ1) is 10.5. The van der Waals surface area contributed by atoms with Gasteiger partial charge < -0.3 is 5.32 Å². The van der Waals surface area contributed by atoms with Gasteiger partial charge >= 0.3 is 0 Å². The molecule has 1 saturated heterocycles. The van der Waals surface area contributed by atoms with E-state index in [1.165, 1.54) is 0 Å². The summed E-state index contributed by atoms with van der Waals surface area (Å²) in [6.45, 7) is 1.94. The molecule has 1 N–H and O–H groups in total. The summed E-state index contributed by atoms with van der Waals surface area (Å²) in [5.74, 6) is 2.46. The molecule has 0 amide bonds. The summed E-state index contributed by atoms with van der Waals surface area (Å²) in [6.07, 6.45) is 5.30. The molecule has 5 heteroatoms. The van der Waals surface area contributed by atoms with Gasteiger partial charge in [0.15, 0.2) is 0 Å². The molecule has 4 nitrogen and oxygen atoms in total. The molecule has 0 saturated carbocycles. The van der Waals surface area contributed by atoms with Crippen LogP contribution in [0.4, 0.5) is 5.82 Å². The van der Waals surface area contributed by atoms with Crippen molar-refractivity contribution in [3.05, 3.63) is 18.1 Å². The average Bonchev–Trinajstić information content (AvgIpc) is 2.25. The Kier molecular flexibility index (Phi) is 3.30. The third-order valence-electron chi connectivity index (χ3n) is 2.61. The Morgan fingerprint density at radius 3 is 2.67 bits per heavy atom. The van der Waals surface area contributed by atoms with Crippen molar-refractivity contribution >= 4 is 16.6 Å². The van der Waals surface area contributed by atoms with E-state index in [2.05, 4.69) is 15.3 Å². The quantitative estimate of drug-likeness (QED) is 0.819. The first-order valence-electron chi connectivity index (χ1n) is 5.15. The predicted octanol–water partition coefficient (Wildman–Crippen LogP) is 1.11. The summed E-state index contributed by atoms with van der Waals surface area (Å²) >= 11 is 0. The fourth-order valence-electron chi connectivity index (χ4n) is 1.68. The SMILES string of the molecule is Cc1nccnc1NC1CCS(=O)CC1. The van der Waals surface area contributed by atoms with Crippen molar-refractivity contribution in [1.82, 2.24) is 9.97 Å². The molecule has 0 radical (unpaired) electrons. The van der Waals surface area contributed by atoms with Gasteiger partial charge in [0.25, 0.3) is 0 Å². The Labute approximate surface area is 92.0 Å². The standard InChI is InChI=1S/C10H15N3OS/c1-8-10(12-5-4-11-8)13-9-2-6-15(14)7-3-9/h4-5,9H,2-3,6-7H2,1H3,(H,12,13). The lowest BCUT2D eigenvalue weighted by atomic mass is 10.1. The molecule has 1 aromatic heterocycles. The maximum absolute atomic E-state index is 11.2. The molecular formula is C10H15N3OS. The zero-order chi connectivity index (χ0) is 10.7. The molecule has 15 heavy (non-hydrogen) atoms. The van der Waals surface area contributed by atoms with Crippen LogP contribution in [0.25, 0.3) is 0 Å². The first-order valence-corrected chi connectivity index (χ1v) is 6.63. The fourth-order valence-corrected chi connectivity index (χ4v) is 2.98. The maximum Gasteiger partial charge on any atom is 0.147 e. The second kappa shape index (κ2) is 4.70. The molecule has 0 atom stereocenters. The summed E-state index contributed by atoms with van der Waals surface area (Å²) in [5, 5.41) is 3.36. The zero-order valence-electron chi connectivity index (χ0n) is 8.77. The van der Waals surface area contributed by atoms with Gasteiger partial charge in [-0.05, 0) is 19.8 Å². The van der Waals surface area contributed by atoms with Crippen LogP contribution in [0.1, 0.15) is 18.5 Å². The van der Waals surface area contributed by atoms with Crippen LogP contribution in [0.5, 0.6) is 0 Å². The van der Waals surface area contributed by atoms with Crippen LogP contribution >= 0.6 is 0 Å². The molecule has 0 aromatic carbocycles. The lowest BCUT2D eigenvalue weighted by Crippen LogP contribution is -2.30. The Balaban J connectivity index is 1.97. The minimum Gasteiger partial charge on any atom is -0.366 e. The highest BCUT2D eigenvalue weighted by Crippen LogP contribution is 2.15. The van der Waals surface area contributed by atoms with Crippen LogP contribution in [-0.2, 0) is 10.8 Å². The van der Waals surface area contributed by atoms with Gasteiger partial charge in [-0.3, -0.25) is 9.19 Å². The number of hydrogen-bond donors (Lipinski definition) is 1. The average molecular weight is 225 g/mol. The highest BCUT2D eigenvalue weighted by atomic mass is 32.2. The minimum atomic E-state index is -0.600. The van der Waals surface area contributed by atoms with Gasteiger partial charge in [-0.1, -0.05) is 0 Å². The number of anilines is 1. The number of aryl methyl sites for hydroxylation is 1. The van der Waals surface area contributed by atoms with Crippen molar-refractivity contribution in [3.8, 4) is 0 Å². The maximum atomic E-state index is 11.2. The van der Waals surface area contributed by atoms with Gasteiger partial charge in [-0.2, -0.15) is 0 Å². The summed E-state index contributed by atoms with van der Waals surface area (Å²) in [7, 11) is -0.600. The Morgan fingerprint density at radius 2 is 2.00 bits per heavy atom. The summed E-state index contributed by atoms with van der Waals surface area (Å²) < 4.78 is 11.2. The molecule has 0 unspecified atom stereocenters. The second-order valence-corrected chi connectivity index (χ2v) is 5.45. The molecule has 0 spiro atoms. The number of aromatic nitrogens is 2. The summed E-state index contributed by atoms with van der Waals surface area (Å²) in [5.41, 5.74) is 0.921. The first-order chi connectivity index (χ1) is 7.25. The van der Waals surface area contributed by atoms with E-state index >= 15 is 0 Å². The molecule has 82 valence electrons. The van der Waals surface area contributed by atoms with Crippen LogP contribution in [0, 0.1) is 6.92 Å². The number of rotatable bonds is 2. The monoisotopic (exact) mass is 225 g/mol. The smallest absolute Gasteiger partial charge is 0.147 e. The van der Waals surface area contributed by atoms with E-state index in [4.69, 9.17) is 0 Å². The van der Waals surface area contributed by atoms with E-state index in [0.29, 0.717) is 6.04 Å². The highest BCUT2D eigenvalue weighted by molar-refractivity contribution is 7.85. The molecule has 1 aliphatic heterocycles. The Bertz CT molecular complexity index is 359. The van der Waals surface area contributed by atoms with Gasteiger partial charge in [0, 0.05) is 40.7 Å². The van der Waals surface area contributed by atoms with E-state index in [9.17, 15) is 4.21 Å². The van der Waals surface area contributed by atoms with Crippen molar-refractivity contribution in [3.63, 3.8) is 0 Å². The highest BCUT2D eigenvalue weighted by Gasteiger charge is 2.18. The third kappa shape index (κ3) is 2.75. The largest absolute Gasteiger partial charge is 0.366 e. The van der Waals surface area contributed by atoms with Gasteiger partial charge in [0.05, 0.1) is 5.69 Å². The van der Waals surface area contributed by atoms with E-state index < -0.39 is 10.8 Å². The van der Waals surface area contributed by atoms with Crippen LogP contribution in [0.2, 0.25) is 0 Å². The van der Waals surface area contributed by atoms with Crippen LogP contribution in [0.15, 0.2) is 12.4 Å². The topological polar surface area (TPSA) is 54.9 Å². The number of hydrogen-bond acceptors (Lipinski definition) is 4. The number of nitrogens with zero attached hydrogens (tertiary/aromatic N) is 2. The van der Waals surface area contributed by atoms with Crippen molar-refractivity contribution < 1.29 is 4.21 Å². The van der Waals surface area contributed by atoms with E-state index in [1.54, 1.807) is 12.4 Å². The van der Waals surface area contributed by atoms with Gasteiger partial charge in [-0.15, -0.1) is 0 Å². The van der Waals surface area contributed by atoms with Crippen LogP contribution < -0.4 is 5.32 Å². The van der Waals surface area contributed by atoms with Gasteiger partial charge in [-0.25, -0.2) is 4.98 Å².